The van der Waals surface area contributed by atoms with Crippen LogP contribution < -0.4 is 9.64 Å². The van der Waals surface area contributed by atoms with Crippen LogP contribution in [-0.4, -0.2) is 49.9 Å². The number of halogens is 2. The molecule has 2 aromatic rings. The van der Waals surface area contributed by atoms with Gasteiger partial charge >= 0.3 is 0 Å². The molecule has 2 fully saturated rings. The molecule has 154 valence electrons. The van der Waals surface area contributed by atoms with Crippen molar-refractivity contribution >= 4 is 35.8 Å². The molecule has 2 aliphatic rings. The standard InChI is InChI=1S/C21H22ClFN2O3S/c1-27-12-28-20-7-5-16(29)9-19(20)25-14-3-4-15(25)11-24(10-14)21(26)17-6-2-13(23)8-18(17)22/h2,5-9,14-15,29H,3-4,10-12H2,1H3. The molecule has 0 saturated carbocycles. The van der Waals surface area contributed by atoms with Gasteiger partial charge in [0.15, 0.2) is 6.79 Å². The summed E-state index contributed by atoms with van der Waals surface area (Å²) < 4.78 is 24.2. The van der Waals surface area contributed by atoms with Crippen molar-refractivity contribution in [1.29, 1.82) is 0 Å². The summed E-state index contributed by atoms with van der Waals surface area (Å²) in [4.78, 5) is 18.0. The summed E-state index contributed by atoms with van der Waals surface area (Å²) in [6.07, 6.45) is 1.96. The Bertz CT molecular complexity index is 915. The number of thiol groups is 1. The molecule has 5 nitrogen and oxygen atoms in total. The van der Waals surface area contributed by atoms with Crippen LogP contribution >= 0.6 is 24.2 Å². The van der Waals surface area contributed by atoms with Gasteiger partial charge in [-0.2, -0.15) is 0 Å². The SMILES string of the molecule is COCOc1ccc(S)cc1N1C2CCC1CN(C(=O)c1ccc(F)cc1Cl)C2. The number of fused-ring (bicyclic) bond motifs is 2. The second kappa shape index (κ2) is 8.42. The van der Waals surface area contributed by atoms with Crippen molar-refractivity contribution in [3.05, 3.63) is 52.8 Å². The molecule has 2 aromatic carbocycles. The first kappa shape index (κ1) is 20.3. The number of carbonyl (C=O) groups is 1. The maximum Gasteiger partial charge on any atom is 0.255 e. The third kappa shape index (κ3) is 4.04. The summed E-state index contributed by atoms with van der Waals surface area (Å²) in [5.41, 5.74) is 1.30. The average molecular weight is 437 g/mol. The van der Waals surface area contributed by atoms with E-state index in [-0.39, 0.29) is 29.8 Å². The fourth-order valence-corrected chi connectivity index (χ4v) is 4.69. The zero-order chi connectivity index (χ0) is 20.5. The number of rotatable bonds is 5. The van der Waals surface area contributed by atoms with Crippen LogP contribution in [0.4, 0.5) is 10.1 Å². The predicted molar refractivity (Wildman–Crippen MR) is 113 cm³/mol. The summed E-state index contributed by atoms with van der Waals surface area (Å²) in [6.45, 7) is 1.31. The van der Waals surface area contributed by atoms with Gasteiger partial charge < -0.3 is 19.3 Å². The van der Waals surface area contributed by atoms with Crippen LogP contribution in [0.5, 0.6) is 5.75 Å². The predicted octanol–water partition coefficient (Wildman–Crippen LogP) is 4.24. The van der Waals surface area contributed by atoms with Gasteiger partial charge in [0.05, 0.1) is 16.3 Å². The van der Waals surface area contributed by atoms with Crippen LogP contribution in [-0.2, 0) is 4.74 Å². The van der Waals surface area contributed by atoms with E-state index in [9.17, 15) is 9.18 Å². The van der Waals surface area contributed by atoms with Crippen LogP contribution in [0.2, 0.25) is 5.02 Å². The number of likely N-dealkylation sites (tertiary alicyclic amines) is 1. The van der Waals surface area contributed by atoms with Gasteiger partial charge in [0.2, 0.25) is 0 Å². The first-order valence-corrected chi connectivity index (χ1v) is 10.3. The highest BCUT2D eigenvalue weighted by Crippen LogP contribution is 2.41. The lowest BCUT2D eigenvalue weighted by atomic mass is 10.1. The number of nitrogens with zero attached hydrogens (tertiary/aromatic N) is 2. The highest BCUT2D eigenvalue weighted by Gasteiger charge is 2.42. The van der Waals surface area contributed by atoms with Crippen LogP contribution in [0.25, 0.3) is 0 Å². The third-order valence-electron chi connectivity index (χ3n) is 5.48. The molecule has 0 radical (unpaired) electrons. The molecular weight excluding hydrogens is 415 g/mol. The Morgan fingerprint density at radius 3 is 2.59 bits per heavy atom. The van der Waals surface area contributed by atoms with Gasteiger partial charge in [-0.3, -0.25) is 4.79 Å². The number of hydrogen-bond donors (Lipinski definition) is 1. The first-order chi connectivity index (χ1) is 14.0. The molecule has 29 heavy (non-hydrogen) atoms. The number of ether oxygens (including phenoxy) is 2. The number of carbonyl (C=O) groups excluding carboxylic acids is 1. The monoisotopic (exact) mass is 436 g/mol. The van der Waals surface area contributed by atoms with Crippen molar-refractivity contribution in [3.63, 3.8) is 0 Å². The topological polar surface area (TPSA) is 42.0 Å². The molecule has 2 aliphatic heterocycles. The van der Waals surface area contributed by atoms with E-state index in [0.717, 1.165) is 29.2 Å². The Balaban J connectivity index is 1.57. The lowest BCUT2D eigenvalue weighted by Gasteiger charge is -2.43. The Hall–Kier alpha value is -1.96. The van der Waals surface area contributed by atoms with E-state index in [1.807, 2.05) is 23.1 Å². The van der Waals surface area contributed by atoms with E-state index in [1.165, 1.54) is 18.2 Å². The summed E-state index contributed by atoms with van der Waals surface area (Å²) in [6, 6.07) is 10.00. The molecule has 2 atom stereocenters. The van der Waals surface area contributed by atoms with Gasteiger partial charge in [0.25, 0.3) is 5.91 Å². The first-order valence-electron chi connectivity index (χ1n) is 9.45. The fourth-order valence-electron chi connectivity index (χ4n) is 4.25. The summed E-state index contributed by atoms with van der Waals surface area (Å²) in [7, 11) is 1.58. The number of methoxy groups -OCH3 is 1. The van der Waals surface area contributed by atoms with Gasteiger partial charge in [-0.15, -0.1) is 12.6 Å². The molecule has 1 amide bonds. The van der Waals surface area contributed by atoms with Crippen LogP contribution in [0.15, 0.2) is 41.3 Å². The highest BCUT2D eigenvalue weighted by molar-refractivity contribution is 7.80. The van der Waals surface area contributed by atoms with E-state index in [4.69, 9.17) is 21.1 Å². The molecule has 2 saturated heterocycles. The molecule has 0 spiro atoms. The molecule has 2 bridgehead atoms. The summed E-state index contributed by atoms with van der Waals surface area (Å²) in [5, 5.41) is 0.141. The maximum atomic E-state index is 13.3. The van der Waals surface area contributed by atoms with Crippen LogP contribution in [0, 0.1) is 5.82 Å². The summed E-state index contributed by atoms with van der Waals surface area (Å²) in [5.74, 6) is 0.125. The second-order valence-corrected chi connectivity index (χ2v) is 8.25. The Labute approximate surface area is 179 Å². The molecular formula is C21H22ClFN2O3S. The van der Waals surface area contributed by atoms with Gasteiger partial charge in [0, 0.05) is 37.2 Å². The average Bonchev–Trinajstić information content (AvgIpc) is 2.95. The Morgan fingerprint density at radius 2 is 1.93 bits per heavy atom. The van der Waals surface area contributed by atoms with Crippen molar-refractivity contribution < 1.29 is 18.7 Å². The van der Waals surface area contributed by atoms with Crippen LogP contribution in [0.1, 0.15) is 23.2 Å². The van der Waals surface area contributed by atoms with Crippen molar-refractivity contribution in [2.45, 2.75) is 29.8 Å². The minimum Gasteiger partial charge on any atom is -0.465 e. The van der Waals surface area contributed by atoms with Crippen molar-refractivity contribution in [2.24, 2.45) is 0 Å². The lowest BCUT2D eigenvalue weighted by molar-refractivity contribution is 0.0511. The number of anilines is 1. The minimum absolute atomic E-state index is 0.141. The van der Waals surface area contributed by atoms with Gasteiger partial charge in [0.1, 0.15) is 11.6 Å². The van der Waals surface area contributed by atoms with E-state index in [2.05, 4.69) is 17.5 Å². The molecule has 0 aromatic heterocycles. The maximum absolute atomic E-state index is 13.3. The third-order valence-corrected chi connectivity index (χ3v) is 6.07. The van der Waals surface area contributed by atoms with Crippen molar-refractivity contribution in [1.82, 2.24) is 4.90 Å². The van der Waals surface area contributed by atoms with Gasteiger partial charge in [-0.25, -0.2) is 4.39 Å². The lowest BCUT2D eigenvalue weighted by Crippen LogP contribution is -2.55. The molecule has 0 aliphatic carbocycles. The van der Waals surface area contributed by atoms with E-state index < -0.39 is 5.82 Å². The molecule has 2 unspecified atom stereocenters. The largest absolute Gasteiger partial charge is 0.465 e. The number of benzene rings is 2. The molecule has 4 rings (SSSR count). The Morgan fingerprint density at radius 1 is 1.21 bits per heavy atom. The fraction of sp³-hybridized carbons (Fsp3) is 0.381. The van der Waals surface area contributed by atoms with Gasteiger partial charge in [-0.05, 0) is 49.2 Å². The second-order valence-electron chi connectivity index (χ2n) is 7.33. The van der Waals surface area contributed by atoms with E-state index in [1.54, 1.807) is 7.11 Å². The highest BCUT2D eigenvalue weighted by atomic mass is 35.5. The molecule has 2 heterocycles. The Kier molecular flexibility index (Phi) is 5.90. The molecule has 0 N–H and O–H groups in total. The molecule has 8 heteroatoms. The minimum atomic E-state index is -0.452. The summed E-state index contributed by atoms with van der Waals surface area (Å²) >= 11 is 10.6. The smallest absolute Gasteiger partial charge is 0.255 e. The van der Waals surface area contributed by atoms with E-state index in [0.29, 0.717) is 18.7 Å². The number of piperazine rings is 1. The zero-order valence-electron chi connectivity index (χ0n) is 16.0. The quantitative estimate of drug-likeness (QED) is 0.562. The van der Waals surface area contributed by atoms with Gasteiger partial charge in [-0.1, -0.05) is 11.6 Å². The normalized spacial score (nSPS) is 20.8. The van der Waals surface area contributed by atoms with Crippen molar-refractivity contribution in [2.75, 3.05) is 31.9 Å². The van der Waals surface area contributed by atoms with Crippen molar-refractivity contribution in [3.8, 4) is 5.75 Å². The number of hydrogen-bond acceptors (Lipinski definition) is 5. The van der Waals surface area contributed by atoms with Crippen LogP contribution in [0.3, 0.4) is 0 Å². The number of amides is 1. The van der Waals surface area contributed by atoms with E-state index >= 15 is 0 Å². The zero-order valence-corrected chi connectivity index (χ0v) is 17.6.